The maximum absolute atomic E-state index is 12.0. The molecule has 2 saturated heterocycles. The normalized spacial score (nSPS) is 27.0. The van der Waals surface area contributed by atoms with Crippen molar-refractivity contribution in [3.63, 3.8) is 0 Å². The summed E-state index contributed by atoms with van der Waals surface area (Å²) in [6.45, 7) is 0. The Morgan fingerprint density at radius 1 is 1.24 bits per heavy atom. The number of benzene rings is 1. The first-order valence-electron chi connectivity index (χ1n) is 7.13. The van der Waals surface area contributed by atoms with Gasteiger partial charge in [-0.25, -0.2) is 0 Å². The van der Waals surface area contributed by atoms with Crippen molar-refractivity contribution in [1.29, 1.82) is 0 Å². The predicted molar refractivity (Wildman–Crippen MR) is 90.5 cm³/mol. The number of carbonyl (C=O) groups is 1. The first-order valence-corrected chi connectivity index (χ1v) is 8.49. The van der Waals surface area contributed by atoms with Crippen LogP contribution in [-0.4, -0.2) is 29.8 Å². The molecule has 2 N–H and O–H groups in total. The molecule has 3 rings (SSSR count). The molecule has 3 nitrogen and oxygen atoms in total. The minimum atomic E-state index is 0. The molecule has 2 aliphatic rings. The van der Waals surface area contributed by atoms with Crippen molar-refractivity contribution in [3.8, 4) is 0 Å². The number of nitrogens with one attached hydrogen (secondary N) is 2. The van der Waals surface area contributed by atoms with E-state index in [9.17, 15) is 4.79 Å². The van der Waals surface area contributed by atoms with Crippen LogP contribution in [0.1, 0.15) is 25.7 Å². The van der Waals surface area contributed by atoms with Crippen LogP contribution < -0.4 is 10.6 Å². The molecule has 2 unspecified atom stereocenters. The van der Waals surface area contributed by atoms with Crippen LogP contribution in [0.15, 0.2) is 29.2 Å². The van der Waals surface area contributed by atoms with Gasteiger partial charge in [0, 0.05) is 28.0 Å². The highest BCUT2D eigenvalue weighted by atomic mass is 35.5. The summed E-state index contributed by atoms with van der Waals surface area (Å²) in [5.74, 6) is 0.609. The molecule has 1 amide bonds. The standard InChI is InChI=1S/C15H19ClN2OS.ClH/c16-10-1-5-14(6-2-10)20-9-15(19)18-13-7-11-3-4-12(8-13)17-11;/h1-2,5-6,11-13,17H,3-4,7-9H2,(H,18,19);1H. The molecule has 1 aromatic carbocycles. The maximum Gasteiger partial charge on any atom is 0.230 e. The van der Waals surface area contributed by atoms with Crippen LogP contribution in [0.4, 0.5) is 0 Å². The van der Waals surface area contributed by atoms with E-state index in [4.69, 9.17) is 11.6 Å². The molecule has 2 atom stereocenters. The summed E-state index contributed by atoms with van der Waals surface area (Å²) in [5.41, 5.74) is 0. The van der Waals surface area contributed by atoms with Gasteiger partial charge >= 0.3 is 0 Å². The van der Waals surface area contributed by atoms with Crippen LogP contribution in [0.25, 0.3) is 0 Å². The Hall–Kier alpha value is -0.420. The zero-order chi connectivity index (χ0) is 13.9. The van der Waals surface area contributed by atoms with Crippen molar-refractivity contribution in [2.75, 3.05) is 5.75 Å². The quantitative estimate of drug-likeness (QED) is 0.822. The number of amides is 1. The topological polar surface area (TPSA) is 41.1 Å². The molecule has 0 saturated carbocycles. The highest BCUT2D eigenvalue weighted by Crippen LogP contribution is 2.27. The van der Waals surface area contributed by atoms with Crippen LogP contribution >= 0.6 is 35.8 Å². The second kappa shape index (κ2) is 7.73. The third kappa shape index (κ3) is 4.78. The predicted octanol–water partition coefficient (Wildman–Crippen LogP) is 3.25. The molecule has 0 aliphatic carbocycles. The van der Waals surface area contributed by atoms with E-state index in [1.807, 2.05) is 24.3 Å². The fourth-order valence-electron chi connectivity index (χ4n) is 3.12. The lowest BCUT2D eigenvalue weighted by atomic mass is 10.00. The van der Waals surface area contributed by atoms with Gasteiger partial charge in [-0.1, -0.05) is 11.6 Å². The van der Waals surface area contributed by atoms with Gasteiger partial charge in [-0.15, -0.1) is 24.2 Å². The molecule has 0 radical (unpaired) electrons. The first kappa shape index (κ1) is 16.9. The van der Waals surface area contributed by atoms with Gasteiger partial charge in [-0.3, -0.25) is 4.79 Å². The largest absolute Gasteiger partial charge is 0.353 e. The average Bonchev–Trinajstić information content (AvgIpc) is 2.77. The minimum Gasteiger partial charge on any atom is -0.353 e. The molecule has 21 heavy (non-hydrogen) atoms. The molecule has 116 valence electrons. The SMILES string of the molecule is Cl.O=C(CSc1ccc(Cl)cc1)NC1CC2CCC(C1)N2. The van der Waals surface area contributed by atoms with E-state index < -0.39 is 0 Å². The number of piperidine rings is 1. The van der Waals surface area contributed by atoms with Crippen LogP contribution in [-0.2, 0) is 4.79 Å². The summed E-state index contributed by atoms with van der Waals surface area (Å²) in [4.78, 5) is 13.1. The zero-order valence-electron chi connectivity index (χ0n) is 11.7. The van der Waals surface area contributed by atoms with Gasteiger partial charge in [0.2, 0.25) is 5.91 Å². The summed E-state index contributed by atoms with van der Waals surface area (Å²) >= 11 is 7.40. The smallest absolute Gasteiger partial charge is 0.230 e. The van der Waals surface area contributed by atoms with Crippen molar-refractivity contribution in [2.24, 2.45) is 0 Å². The molecule has 0 spiro atoms. The average molecular weight is 347 g/mol. The Labute approximate surface area is 141 Å². The number of thioether (sulfide) groups is 1. The van der Waals surface area contributed by atoms with Crippen LogP contribution in [0.3, 0.4) is 0 Å². The molecular weight excluding hydrogens is 327 g/mol. The third-order valence-corrected chi connectivity index (χ3v) is 5.29. The van der Waals surface area contributed by atoms with E-state index in [0.717, 1.165) is 22.8 Å². The number of hydrogen-bond acceptors (Lipinski definition) is 3. The Morgan fingerprint density at radius 2 is 1.86 bits per heavy atom. The first-order chi connectivity index (χ1) is 9.69. The summed E-state index contributed by atoms with van der Waals surface area (Å²) in [6.07, 6.45) is 4.68. The fourth-order valence-corrected chi connectivity index (χ4v) is 3.96. The lowest BCUT2D eigenvalue weighted by molar-refractivity contribution is -0.119. The number of fused-ring (bicyclic) bond motifs is 2. The van der Waals surface area contributed by atoms with Gasteiger partial charge in [0.1, 0.15) is 0 Å². The number of carbonyl (C=O) groups excluding carboxylic acids is 1. The summed E-state index contributed by atoms with van der Waals surface area (Å²) in [5, 5.41) is 7.49. The van der Waals surface area contributed by atoms with E-state index >= 15 is 0 Å². The number of hydrogen-bond donors (Lipinski definition) is 2. The lowest BCUT2D eigenvalue weighted by Crippen LogP contribution is -2.48. The molecule has 6 heteroatoms. The van der Waals surface area contributed by atoms with Crippen molar-refractivity contribution in [2.45, 2.75) is 48.7 Å². The highest BCUT2D eigenvalue weighted by molar-refractivity contribution is 8.00. The van der Waals surface area contributed by atoms with Crippen LogP contribution in [0.5, 0.6) is 0 Å². The Morgan fingerprint density at radius 3 is 2.48 bits per heavy atom. The van der Waals surface area contributed by atoms with Crippen LogP contribution in [0, 0.1) is 0 Å². The molecule has 2 fully saturated rings. The molecular formula is C15H20Cl2N2OS. The minimum absolute atomic E-state index is 0. The van der Waals surface area contributed by atoms with Gasteiger partial charge in [-0.05, 0) is 49.9 Å². The van der Waals surface area contributed by atoms with E-state index in [2.05, 4.69) is 10.6 Å². The summed E-state index contributed by atoms with van der Waals surface area (Å²) in [7, 11) is 0. The van der Waals surface area contributed by atoms with Gasteiger partial charge < -0.3 is 10.6 Å². The third-order valence-electron chi connectivity index (χ3n) is 4.02. The molecule has 2 bridgehead atoms. The van der Waals surface area contributed by atoms with Gasteiger partial charge in [0.15, 0.2) is 0 Å². The summed E-state index contributed by atoms with van der Waals surface area (Å²) in [6, 6.07) is 9.19. The summed E-state index contributed by atoms with van der Waals surface area (Å²) < 4.78 is 0. The highest BCUT2D eigenvalue weighted by Gasteiger charge is 2.33. The number of halogens is 2. The second-order valence-corrected chi connectivity index (χ2v) is 7.10. The molecule has 2 aliphatic heterocycles. The maximum atomic E-state index is 12.0. The lowest BCUT2D eigenvalue weighted by Gasteiger charge is -2.29. The fraction of sp³-hybridized carbons (Fsp3) is 0.533. The van der Waals surface area contributed by atoms with Crippen molar-refractivity contribution < 1.29 is 4.79 Å². The Bertz CT molecular complexity index is 471. The van der Waals surface area contributed by atoms with E-state index in [-0.39, 0.29) is 18.3 Å². The van der Waals surface area contributed by atoms with Crippen LogP contribution in [0.2, 0.25) is 5.02 Å². The van der Waals surface area contributed by atoms with Crippen molar-refractivity contribution in [3.05, 3.63) is 29.3 Å². The number of rotatable bonds is 4. The second-order valence-electron chi connectivity index (χ2n) is 5.62. The van der Waals surface area contributed by atoms with Gasteiger partial charge in [0.05, 0.1) is 5.75 Å². The van der Waals surface area contributed by atoms with E-state index in [1.54, 1.807) is 11.8 Å². The van der Waals surface area contributed by atoms with E-state index in [1.165, 1.54) is 12.8 Å². The Kier molecular flexibility index (Phi) is 6.23. The van der Waals surface area contributed by atoms with Crippen molar-refractivity contribution >= 4 is 41.7 Å². The molecule has 1 aromatic rings. The Balaban J connectivity index is 0.00000161. The van der Waals surface area contributed by atoms with E-state index in [0.29, 0.717) is 23.9 Å². The van der Waals surface area contributed by atoms with Gasteiger partial charge in [0.25, 0.3) is 0 Å². The van der Waals surface area contributed by atoms with Gasteiger partial charge in [-0.2, -0.15) is 0 Å². The molecule has 2 heterocycles. The zero-order valence-corrected chi connectivity index (χ0v) is 14.1. The van der Waals surface area contributed by atoms with Crippen molar-refractivity contribution in [1.82, 2.24) is 10.6 Å². The molecule has 0 aromatic heterocycles. The monoisotopic (exact) mass is 346 g/mol.